The maximum absolute atomic E-state index is 6.62. The zero-order valence-electron chi connectivity index (χ0n) is 20.6. The van der Waals surface area contributed by atoms with Crippen molar-refractivity contribution in [3.63, 3.8) is 0 Å². The molecule has 2 heteroatoms. The Morgan fingerprint density at radius 2 is 1.27 bits per heavy atom. The minimum absolute atomic E-state index is 0.423. The number of nitrogens with zero attached hydrogens (tertiary/aromatic N) is 1. The molecule has 5 aromatic rings. The molecule has 1 unspecified atom stereocenters. The SMILES string of the molecule is Clc1cccc(C2(c3ccccc3)C/C=C\C=C/CN(c3cccc4ccccc34)c3ccccc32)c1. The largest absolute Gasteiger partial charge is 0.337 e. The van der Waals surface area contributed by atoms with Crippen molar-refractivity contribution >= 4 is 33.7 Å². The van der Waals surface area contributed by atoms with Crippen molar-refractivity contribution in [1.29, 1.82) is 0 Å². The van der Waals surface area contributed by atoms with E-state index in [1.54, 1.807) is 0 Å². The molecule has 0 fully saturated rings. The van der Waals surface area contributed by atoms with Crippen molar-refractivity contribution in [2.75, 3.05) is 11.4 Å². The van der Waals surface area contributed by atoms with Crippen LogP contribution in [0.25, 0.3) is 10.8 Å². The third kappa shape index (κ3) is 4.26. The lowest BCUT2D eigenvalue weighted by molar-refractivity contribution is 0.626. The van der Waals surface area contributed by atoms with Gasteiger partial charge in [0.1, 0.15) is 0 Å². The van der Waals surface area contributed by atoms with Crippen molar-refractivity contribution in [2.45, 2.75) is 11.8 Å². The van der Waals surface area contributed by atoms with Crippen LogP contribution in [0.5, 0.6) is 0 Å². The average molecular weight is 498 g/mol. The zero-order valence-corrected chi connectivity index (χ0v) is 21.4. The summed E-state index contributed by atoms with van der Waals surface area (Å²) >= 11 is 6.62. The Morgan fingerprint density at radius 1 is 0.595 bits per heavy atom. The average Bonchev–Trinajstić information content (AvgIpc) is 2.95. The summed E-state index contributed by atoms with van der Waals surface area (Å²) in [6, 6.07) is 43.3. The Bertz CT molecular complexity index is 1600. The number of rotatable bonds is 3. The highest BCUT2D eigenvalue weighted by atomic mass is 35.5. The van der Waals surface area contributed by atoms with Gasteiger partial charge in [0.2, 0.25) is 0 Å². The summed E-state index contributed by atoms with van der Waals surface area (Å²) in [6.45, 7) is 0.760. The van der Waals surface area contributed by atoms with Crippen molar-refractivity contribution in [3.8, 4) is 0 Å². The van der Waals surface area contributed by atoms with Crippen LogP contribution in [-0.2, 0) is 5.41 Å². The van der Waals surface area contributed by atoms with Gasteiger partial charge in [0.05, 0.1) is 5.41 Å². The monoisotopic (exact) mass is 497 g/mol. The Hall–Kier alpha value is -4.07. The zero-order chi connectivity index (χ0) is 25.1. The van der Waals surface area contributed by atoms with Crippen molar-refractivity contribution in [1.82, 2.24) is 0 Å². The molecule has 1 aliphatic heterocycles. The smallest absolute Gasteiger partial charge is 0.0506 e. The van der Waals surface area contributed by atoms with E-state index in [9.17, 15) is 0 Å². The number of halogens is 1. The molecule has 37 heavy (non-hydrogen) atoms. The standard InChI is InChI=1S/C35H28ClN/c36-30-19-13-18-29(26-30)35(28-16-4-3-5-17-28)24-10-1-2-11-25-37(34-22-9-8-21-32(34)35)33-23-12-15-27-14-6-7-20-31(27)33/h1-23,26H,24-25H2/b10-1-,11-2-. The lowest BCUT2D eigenvalue weighted by Crippen LogP contribution is -2.32. The molecule has 0 aliphatic carbocycles. The molecule has 0 spiro atoms. The predicted molar refractivity (Wildman–Crippen MR) is 158 cm³/mol. The molecule has 6 rings (SSSR count). The Morgan fingerprint density at radius 3 is 2.16 bits per heavy atom. The molecule has 0 saturated carbocycles. The van der Waals surface area contributed by atoms with Gasteiger partial charge in [-0.25, -0.2) is 0 Å². The first-order chi connectivity index (χ1) is 18.3. The first-order valence-corrected chi connectivity index (χ1v) is 13.1. The summed E-state index contributed by atoms with van der Waals surface area (Å²) in [6.07, 6.45) is 9.68. The van der Waals surface area contributed by atoms with E-state index in [1.165, 1.54) is 38.8 Å². The molecule has 0 N–H and O–H groups in total. The highest BCUT2D eigenvalue weighted by Crippen LogP contribution is 2.48. The summed E-state index contributed by atoms with van der Waals surface area (Å²) < 4.78 is 0. The summed E-state index contributed by atoms with van der Waals surface area (Å²) in [4.78, 5) is 2.45. The van der Waals surface area contributed by atoms with Crippen molar-refractivity contribution < 1.29 is 0 Å². The fraction of sp³-hybridized carbons (Fsp3) is 0.0857. The second-order valence-corrected chi connectivity index (χ2v) is 9.90. The van der Waals surface area contributed by atoms with E-state index in [0.29, 0.717) is 0 Å². The second-order valence-electron chi connectivity index (χ2n) is 9.47. The van der Waals surface area contributed by atoms with E-state index < -0.39 is 5.41 Å². The van der Waals surface area contributed by atoms with Gasteiger partial charge >= 0.3 is 0 Å². The highest BCUT2D eigenvalue weighted by molar-refractivity contribution is 6.30. The molecule has 1 atom stereocenters. The Labute approximate surface area is 224 Å². The van der Waals surface area contributed by atoms with E-state index in [-0.39, 0.29) is 0 Å². The minimum Gasteiger partial charge on any atom is -0.337 e. The number of benzene rings is 5. The summed E-state index contributed by atoms with van der Waals surface area (Å²) in [5.41, 5.74) is 5.67. The number of hydrogen-bond donors (Lipinski definition) is 0. The molecule has 0 amide bonds. The molecule has 0 bridgehead atoms. The fourth-order valence-corrected chi connectivity index (χ4v) is 5.90. The van der Waals surface area contributed by atoms with E-state index in [2.05, 4.69) is 144 Å². The molecule has 1 nitrogen and oxygen atoms in total. The van der Waals surface area contributed by atoms with Gasteiger partial charge in [0.15, 0.2) is 0 Å². The molecule has 0 aromatic heterocycles. The van der Waals surface area contributed by atoms with Gasteiger partial charge in [-0.15, -0.1) is 0 Å². The van der Waals surface area contributed by atoms with E-state index in [0.717, 1.165) is 18.0 Å². The fourth-order valence-electron chi connectivity index (χ4n) is 5.71. The van der Waals surface area contributed by atoms with Gasteiger partial charge in [-0.1, -0.05) is 133 Å². The predicted octanol–water partition coefficient (Wildman–Crippen LogP) is 9.48. The van der Waals surface area contributed by atoms with Crippen LogP contribution < -0.4 is 4.90 Å². The van der Waals surface area contributed by atoms with Gasteiger partial charge in [0.25, 0.3) is 0 Å². The van der Waals surface area contributed by atoms with Gasteiger partial charge < -0.3 is 4.90 Å². The van der Waals surface area contributed by atoms with E-state index in [1.807, 2.05) is 6.07 Å². The second kappa shape index (κ2) is 10.1. The number of hydrogen-bond acceptors (Lipinski definition) is 1. The van der Waals surface area contributed by atoms with Crippen LogP contribution >= 0.6 is 11.6 Å². The molecule has 1 aliphatic rings. The lowest BCUT2D eigenvalue weighted by atomic mass is 9.66. The highest BCUT2D eigenvalue weighted by Gasteiger charge is 2.38. The van der Waals surface area contributed by atoms with E-state index in [4.69, 9.17) is 11.6 Å². The summed E-state index contributed by atoms with van der Waals surface area (Å²) in [5, 5.41) is 3.23. The normalized spacial score (nSPS) is 19.2. The van der Waals surface area contributed by atoms with Gasteiger partial charge in [-0.3, -0.25) is 0 Å². The number of para-hydroxylation sites is 1. The lowest BCUT2D eigenvalue weighted by Gasteiger charge is -2.39. The third-order valence-electron chi connectivity index (χ3n) is 7.39. The molecule has 0 radical (unpaired) electrons. The quantitative estimate of drug-likeness (QED) is 0.240. The Balaban J connectivity index is 1.69. The van der Waals surface area contributed by atoms with Crippen LogP contribution in [0.4, 0.5) is 11.4 Å². The molecule has 1 heterocycles. The summed E-state index contributed by atoms with van der Waals surface area (Å²) in [7, 11) is 0. The van der Waals surface area contributed by atoms with Gasteiger partial charge in [0, 0.05) is 28.3 Å². The molecule has 5 aromatic carbocycles. The molecular formula is C35H28ClN. The van der Waals surface area contributed by atoms with Crippen LogP contribution in [0.3, 0.4) is 0 Å². The Kier molecular flexibility index (Phi) is 6.39. The topological polar surface area (TPSA) is 3.24 Å². The number of allylic oxidation sites excluding steroid dienone is 3. The summed E-state index contributed by atoms with van der Waals surface area (Å²) in [5.74, 6) is 0. The van der Waals surface area contributed by atoms with E-state index >= 15 is 0 Å². The molecule has 180 valence electrons. The molecule has 0 saturated heterocycles. The van der Waals surface area contributed by atoms with Crippen LogP contribution in [0.1, 0.15) is 23.1 Å². The maximum atomic E-state index is 6.62. The number of fused-ring (bicyclic) bond motifs is 2. The maximum Gasteiger partial charge on any atom is 0.0506 e. The van der Waals surface area contributed by atoms with Gasteiger partial charge in [-0.2, -0.15) is 0 Å². The molecular weight excluding hydrogens is 470 g/mol. The van der Waals surface area contributed by atoms with Crippen molar-refractivity contribution in [2.24, 2.45) is 0 Å². The van der Waals surface area contributed by atoms with Gasteiger partial charge in [-0.05, 0) is 52.8 Å². The minimum atomic E-state index is -0.423. The first-order valence-electron chi connectivity index (χ1n) is 12.8. The van der Waals surface area contributed by atoms with Crippen LogP contribution in [0.2, 0.25) is 5.02 Å². The van der Waals surface area contributed by atoms with Crippen LogP contribution in [0.15, 0.2) is 146 Å². The van der Waals surface area contributed by atoms with Crippen LogP contribution in [0, 0.1) is 0 Å². The number of anilines is 2. The van der Waals surface area contributed by atoms with Crippen molar-refractivity contribution in [3.05, 3.63) is 167 Å². The first kappa shape index (κ1) is 23.3. The van der Waals surface area contributed by atoms with Crippen LogP contribution in [-0.4, -0.2) is 6.54 Å². The third-order valence-corrected chi connectivity index (χ3v) is 7.63.